The van der Waals surface area contributed by atoms with E-state index < -0.39 is 37.4 Å². The van der Waals surface area contributed by atoms with Gasteiger partial charge in [0.05, 0.1) is 12.2 Å². The molecule has 4 nitrogen and oxygen atoms in total. The Kier molecular flexibility index (Phi) is 5.91. The second kappa shape index (κ2) is 6.20. The van der Waals surface area contributed by atoms with Crippen LogP contribution in [0.2, 0.25) is 0 Å². The summed E-state index contributed by atoms with van der Waals surface area (Å²) in [7, 11) is 0. The van der Waals surface area contributed by atoms with Crippen molar-refractivity contribution in [2.24, 2.45) is 0 Å². The average Bonchev–Trinajstić information content (AvgIpc) is 2.10. The molecule has 0 saturated heterocycles. The highest BCUT2D eigenvalue weighted by Gasteiger charge is 2.33. The first-order valence-electron chi connectivity index (χ1n) is 5.14. The van der Waals surface area contributed by atoms with Gasteiger partial charge in [-0.05, 0) is 20.8 Å². The molecule has 0 fully saturated rings. The van der Waals surface area contributed by atoms with Crippen LogP contribution in [0.3, 0.4) is 0 Å². The molecule has 0 radical (unpaired) electrons. The Morgan fingerprint density at radius 1 is 1.29 bits per heavy atom. The topological polar surface area (TPSA) is 49.8 Å². The summed E-state index contributed by atoms with van der Waals surface area (Å²) in [5.74, 6) is -0.786. The summed E-state index contributed by atoms with van der Waals surface area (Å²) in [5.41, 5.74) is -0.598. The van der Waals surface area contributed by atoms with Gasteiger partial charge in [0, 0.05) is 6.54 Å². The molecule has 0 rings (SSSR count). The lowest BCUT2D eigenvalue weighted by Gasteiger charge is -2.25. The zero-order valence-corrected chi connectivity index (χ0v) is 10.2. The van der Waals surface area contributed by atoms with E-state index in [1.54, 1.807) is 20.8 Å². The first-order valence-corrected chi connectivity index (χ1v) is 5.14. The summed E-state index contributed by atoms with van der Waals surface area (Å²) in [6.07, 6.45) is -4.48. The minimum Gasteiger partial charge on any atom is -0.395 e. The highest BCUT2D eigenvalue weighted by molar-refractivity contribution is 5.77. The van der Waals surface area contributed by atoms with Gasteiger partial charge in [0.25, 0.3) is 0 Å². The number of hydrogen-bond acceptors (Lipinski definition) is 3. The summed E-state index contributed by atoms with van der Waals surface area (Å²) in [6.45, 7) is 2.41. The molecule has 0 heterocycles. The van der Waals surface area contributed by atoms with Gasteiger partial charge >= 0.3 is 6.18 Å². The summed E-state index contributed by atoms with van der Waals surface area (Å²) in [5, 5.41) is 8.61. The first-order chi connectivity index (χ1) is 7.55. The molecule has 0 spiro atoms. The van der Waals surface area contributed by atoms with Crippen LogP contribution in [0.15, 0.2) is 0 Å². The Morgan fingerprint density at radius 2 is 1.82 bits per heavy atom. The second-order valence-electron chi connectivity index (χ2n) is 4.56. The molecule has 0 aliphatic heterocycles. The third-order valence-corrected chi connectivity index (χ3v) is 1.72. The highest BCUT2D eigenvalue weighted by Crippen LogP contribution is 2.16. The molecule has 1 N–H and O–H groups in total. The first kappa shape index (κ1) is 16.2. The van der Waals surface area contributed by atoms with E-state index in [4.69, 9.17) is 9.84 Å². The van der Waals surface area contributed by atoms with E-state index in [-0.39, 0.29) is 6.54 Å². The van der Waals surface area contributed by atoms with Crippen LogP contribution >= 0.6 is 0 Å². The number of nitrogens with zero attached hydrogens (tertiary/aromatic N) is 1. The lowest BCUT2D eigenvalue weighted by atomic mass is 10.2. The molecule has 0 aromatic heterocycles. The Bertz CT molecular complexity index is 248. The molecular weight excluding hydrogens is 239 g/mol. The number of rotatable bonds is 5. The van der Waals surface area contributed by atoms with Gasteiger partial charge in [-0.3, -0.25) is 4.79 Å². The molecule has 0 aliphatic rings. The van der Waals surface area contributed by atoms with Gasteiger partial charge in [0.2, 0.25) is 5.91 Å². The van der Waals surface area contributed by atoms with Crippen molar-refractivity contribution in [2.75, 3.05) is 26.3 Å². The van der Waals surface area contributed by atoms with Gasteiger partial charge in [-0.25, -0.2) is 0 Å². The molecule has 0 atom stereocenters. The maximum atomic E-state index is 12.1. The van der Waals surface area contributed by atoms with Crippen molar-refractivity contribution in [3.8, 4) is 0 Å². The Hall–Kier alpha value is -0.820. The fraction of sp³-hybridized carbons (Fsp3) is 0.900. The van der Waals surface area contributed by atoms with E-state index in [0.717, 1.165) is 0 Å². The zero-order chi connectivity index (χ0) is 13.7. The molecule has 0 saturated carbocycles. The van der Waals surface area contributed by atoms with Crippen molar-refractivity contribution in [2.45, 2.75) is 32.5 Å². The quantitative estimate of drug-likeness (QED) is 0.804. The van der Waals surface area contributed by atoms with E-state index >= 15 is 0 Å². The second-order valence-corrected chi connectivity index (χ2v) is 4.56. The van der Waals surface area contributed by atoms with E-state index in [1.807, 2.05) is 0 Å². The normalized spacial score (nSPS) is 12.6. The molecule has 0 aromatic rings. The molecular formula is C10H18F3NO3. The van der Waals surface area contributed by atoms with Crippen molar-refractivity contribution in [3.05, 3.63) is 0 Å². The third-order valence-electron chi connectivity index (χ3n) is 1.72. The molecule has 0 unspecified atom stereocenters. The molecule has 0 bridgehead atoms. The maximum absolute atomic E-state index is 12.1. The third kappa shape index (κ3) is 8.93. The van der Waals surface area contributed by atoms with Crippen LogP contribution in [0.4, 0.5) is 13.2 Å². The Balaban J connectivity index is 4.35. The fourth-order valence-corrected chi connectivity index (χ4v) is 0.999. The molecule has 102 valence electrons. The number of amides is 1. The fourth-order valence-electron chi connectivity index (χ4n) is 0.999. The average molecular weight is 257 g/mol. The van der Waals surface area contributed by atoms with Gasteiger partial charge in [-0.1, -0.05) is 0 Å². The number of carbonyl (C=O) groups is 1. The van der Waals surface area contributed by atoms with Crippen LogP contribution in [-0.2, 0) is 9.53 Å². The number of hydrogen-bond donors (Lipinski definition) is 1. The van der Waals surface area contributed by atoms with E-state index in [2.05, 4.69) is 0 Å². The number of halogens is 3. The van der Waals surface area contributed by atoms with Crippen molar-refractivity contribution in [1.29, 1.82) is 0 Å². The van der Waals surface area contributed by atoms with Crippen molar-refractivity contribution >= 4 is 5.91 Å². The predicted octanol–water partition coefficient (Wildman–Crippen LogP) is 1.18. The standard InChI is InChI=1S/C10H18F3NO3/c1-9(2,3)17-6-8(16)14(4-5-15)7-10(11,12)13/h15H,4-7H2,1-3H3. The maximum Gasteiger partial charge on any atom is 0.406 e. The minimum atomic E-state index is -4.48. The summed E-state index contributed by atoms with van der Waals surface area (Å²) in [4.78, 5) is 12.0. The number of carbonyl (C=O) groups excluding carboxylic acids is 1. The summed E-state index contributed by atoms with van der Waals surface area (Å²) in [6, 6.07) is 0. The number of aliphatic hydroxyl groups is 1. The van der Waals surface area contributed by atoms with Crippen LogP contribution < -0.4 is 0 Å². The van der Waals surface area contributed by atoms with E-state index in [9.17, 15) is 18.0 Å². The largest absolute Gasteiger partial charge is 0.406 e. The number of alkyl halides is 3. The smallest absolute Gasteiger partial charge is 0.395 e. The Labute approximate surface area is 98.3 Å². The monoisotopic (exact) mass is 257 g/mol. The summed E-state index contributed by atoms with van der Waals surface area (Å²) < 4.78 is 41.5. The van der Waals surface area contributed by atoms with Gasteiger partial charge in [0.15, 0.2) is 0 Å². The van der Waals surface area contributed by atoms with Crippen LogP contribution in [0.25, 0.3) is 0 Å². The Morgan fingerprint density at radius 3 is 2.18 bits per heavy atom. The minimum absolute atomic E-state index is 0.355. The molecule has 0 aliphatic carbocycles. The zero-order valence-electron chi connectivity index (χ0n) is 10.2. The lowest BCUT2D eigenvalue weighted by Crippen LogP contribution is -2.43. The van der Waals surface area contributed by atoms with Crippen molar-refractivity contribution < 1.29 is 27.8 Å². The molecule has 0 aromatic carbocycles. The van der Waals surface area contributed by atoms with E-state index in [0.29, 0.717) is 4.90 Å². The SMILES string of the molecule is CC(C)(C)OCC(=O)N(CCO)CC(F)(F)F. The van der Waals surface area contributed by atoms with Gasteiger partial charge < -0.3 is 14.7 Å². The van der Waals surface area contributed by atoms with Gasteiger partial charge in [0.1, 0.15) is 13.2 Å². The van der Waals surface area contributed by atoms with Crippen molar-refractivity contribution in [3.63, 3.8) is 0 Å². The molecule has 1 amide bonds. The number of aliphatic hydroxyl groups excluding tert-OH is 1. The highest BCUT2D eigenvalue weighted by atomic mass is 19.4. The van der Waals surface area contributed by atoms with Crippen LogP contribution in [0.1, 0.15) is 20.8 Å². The molecule has 7 heteroatoms. The molecule has 17 heavy (non-hydrogen) atoms. The van der Waals surface area contributed by atoms with Crippen molar-refractivity contribution in [1.82, 2.24) is 4.90 Å². The lowest BCUT2D eigenvalue weighted by molar-refractivity contribution is -0.167. The van der Waals surface area contributed by atoms with Crippen LogP contribution in [-0.4, -0.2) is 54.0 Å². The summed E-state index contributed by atoms with van der Waals surface area (Å²) >= 11 is 0. The van der Waals surface area contributed by atoms with Gasteiger partial charge in [-0.2, -0.15) is 13.2 Å². The van der Waals surface area contributed by atoms with Crippen LogP contribution in [0.5, 0.6) is 0 Å². The predicted molar refractivity (Wildman–Crippen MR) is 55.4 cm³/mol. The van der Waals surface area contributed by atoms with Crippen LogP contribution in [0, 0.1) is 0 Å². The number of ether oxygens (including phenoxy) is 1. The van der Waals surface area contributed by atoms with E-state index in [1.165, 1.54) is 0 Å². The van der Waals surface area contributed by atoms with Gasteiger partial charge in [-0.15, -0.1) is 0 Å².